The molecular formula is C22H26N6O2S2. The third-order valence-electron chi connectivity index (χ3n) is 6.10. The van der Waals surface area contributed by atoms with Gasteiger partial charge in [0.25, 0.3) is 5.91 Å². The number of hydrogen-bond acceptors (Lipinski definition) is 9. The number of aromatic nitrogens is 3. The van der Waals surface area contributed by atoms with Gasteiger partial charge >= 0.3 is 0 Å². The monoisotopic (exact) mass is 470 g/mol. The van der Waals surface area contributed by atoms with E-state index in [1.54, 1.807) is 28.0 Å². The van der Waals surface area contributed by atoms with E-state index in [2.05, 4.69) is 20.6 Å². The molecule has 5 rings (SSSR count). The van der Waals surface area contributed by atoms with E-state index in [-0.39, 0.29) is 18.4 Å². The maximum absolute atomic E-state index is 12.6. The molecule has 2 aliphatic rings. The number of aliphatic hydroxyl groups excluding tert-OH is 1. The van der Waals surface area contributed by atoms with Crippen LogP contribution in [0.2, 0.25) is 0 Å². The van der Waals surface area contributed by atoms with Crippen molar-refractivity contribution in [2.24, 2.45) is 5.92 Å². The molecule has 168 valence electrons. The second-order valence-corrected chi connectivity index (χ2v) is 10.3. The SMILES string of the molecule is CSc1cnc(N[C@H]2CC[C@H](Nc3nc4ccc(C(=O)N5CC(CO)C5)cc4s3)C2)nc1. The Kier molecular flexibility index (Phi) is 6.16. The van der Waals surface area contributed by atoms with Crippen molar-refractivity contribution in [1.82, 2.24) is 19.9 Å². The van der Waals surface area contributed by atoms with Gasteiger partial charge < -0.3 is 20.6 Å². The van der Waals surface area contributed by atoms with Crippen LogP contribution in [-0.2, 0) is 0 Å². The maximum atomic E-state index is 12.6. The fourth-order valence-electron chi connectivity index (χ4n) is 4.25. The average molecular weight is 471 g/mol. The fraction of sp³-hybridized carbons (Fsp3) is 0.455. The summed E-state index contributed by atoms with van der Waals surface area (Å²) in [7, 11) is 0. The lowest BCUT2D eigenvalue weighted by molar-refractivity contribution is 0.0362. The van der Waals surface area contributed by atoms with Crippen molar-refractivity contribution in [1.29, 1.82) is 0 Å². The Labute approximate surface area is 194 Å². The standard InChI is InChI=1S/C22H26N6O2S2/c1-31-17-8-23-21(24-9-17)25-15-3-4-16(7-15)26-22-27-18-5-2-14(6-19(18)32-22)20(30)28-10-13(11-28)12-29/h2,5-6,8-9,13,15-16,29H,3-4,7,10-12H2,1H3,(H,26,27)(H,23,24,25)/t15-,16-/m0/s1. The highest BCUT2D eigenvalue weighted by Crippen LogP contribution is 2.31. The van der Waals surface area contributed by atoms with Gasteiger partial charge in [0.05, 0.1) is 10.2 Å². The Balaban J connectivity index is 1.18. The van der Waals surface area contributed by atoms with Crippen LogP contribution in [0.15, 0.2) is 35.5 Å². The number of carbonyl (C=O) groups excluding carboxylic acids is 1. The molecule has 2 atom stereocenters. The minimum absolute atomic E-state index is 0.0250. The van der Waals surface area contributed by atoms with E-state index >= 15 is 0 Å². The zero-order valence-corrected chi connectivity index (χ0v) is 19.5. The Hall–Kier alpha value is -2.43. The lowest BCUT2D eigenvalue weighted by Gasteiger charge is -2.38. The van der Waals surface area contributed by atoms with Crippen LogP contribution in [0.25, 0.3) is 10.2 Å². The Morgan fingerprint density at radius 1 is 1.22 bits per heavy atom. The number of nitrogens with one attached hydrogen (secondary N) is 2. The molecule has 8 nitrogen and oxygen atoms in total. The molecular weight excluding hydrogens is 444 g/mol. The first kappa shape index (κ1) is 21.4. The van der Waals surface area contributed by atoms with Crippen LogP contribution in [0.5, 0.6) is 0 Å². The number of hydrogen-bond donors (Lipinski definition) is 3. The Morgan fingerprint density at radius 2 is 1.97 bits per heavy atom. The highest BCUT2D eigenvalue weighted by Gasteiger charge is 2.31. The molecule has 10 heteroatoms. The van der Waals surface area contributed by atoms with Gasteiger partial charge in [0.1, 0.15) is 0 Å². The van der Waals surface area contributed by atoms with Crippen LogP contribution in [0.1, 0.15) is 29.6 Å². The van der Waals surface area contributed by atoms with Gasteiger partial charge in [-0.05, 0) is 43.7 Å². The predicted molar refractivity (Wildman–Crippen MR) is 129 cm³/mol. The molecule has 1 aliphatic heterocycles. The summed E-state index contributed by atoms with van der Waals surface area (Å²) < 4.78 is 1.01. The molecule has 1 aliphatic carbocycles. The molecule has 0 spiro atoms. The van der Waals surface area contributed by atoms with Gasteiger partial charge in [0.2, 0.25) is 5.95 Å². The highest BCUT2D eigenvalue weighted by atomic mass is 32.2. The van der Waals surface area contributed by atoms with Crippen LogP contribution >= 0.6 is 23.1 Å². The molecule has 1 saturated carbocycles. The third-order valence-corrected chi connectivity index (χ3v) is 7.73. The van der Waals surface area contributed by atoms with Crippen molar-refractivity contribution < 1.29 is 9.90 Å². The first-order valence-electron chi connectivity index (χ1n) is 10.8. The van der Waals surface area contributed by atoms with Crippen molar-refractivity contribution in [3.8, 4) is 0 Å². The lowest BCUT2D eigenvalue weighted by Crippen LogP contribution is -2.51. The van der Waals surface area contributed by atoms with Crippen molar-refractivity contribution >= 4 is 50.3 Å². The highest BCUT2D eigenvalue weighted by molar-refractivity contribution is 7.98. The number of rotatable bonds is 7. The summed E-state index contributed by atoms with van der Waals surface area (Å²) >= 11 is 3.22. The van der Waals surface area contributed by atoms with Gasteiger partial charge in [-0.25, -0.2) is 15.0 Å². The van der Waals surface area contributed by atoms with E-state index in [9.17, 15) is 4.79 Å². The summed E-state index contributed by atoms with van der Waals surface area (Å²) in [5.41, 5.74) is 1.59. The molecule has 2 aromatic heterocycles. The second kappa shape index (κ2) is 9.21. The molecule has 32 heavy (non-hydrogen) atoms. The number of benzene rings is 1. The summed E-state index contributed by atoms with van der Waals surface area (Å²) in [6.07, 6.45) is 8.80. The molecule has 1 amide bonds. The predicted octanol–water partition coefficient (Wildman–Crippen LogP) is 3.32. The molecule has 0 bridgehead atoms. The van der Waals surface area contributed by atoms with Gasteiger partial charge in [-0.1, -0.05) is 11.3 Å². The van der Waals surface area contributed by atoms with E-state index in [0.29, 0.717) is 36.7 Å². The average Bonchev–Trinajstić information content (AvgIpc) is 3.39. The molecule has 1 saturated heterocycles. The number of thioether (sulfide) groups is 1. The smallest absolute Gasteiger partial charge is 0.253 e. The summed E-state index contributed by atoms with van der Waals surface area (Å²) in [6.45, 7) is 1.40. The number of carbonyl (C=O) groups is 1. The number of thiazole rings is 1. The normalized spacial score (nSPS) is 21.0. The zero-order valence-electron chi connectivity index (χ0n) is 17.8. The lowest BCUT2D eigenvalue weighted by atomic mass is 10.00. The third kappa shape index (κ3) is 4.53. The van der Waals surface area contributed by atoms with E-state index in [1.165, 1.54) is 0 Å². The van der Waals surface area contributed by atoms with E-state index in [0.717, 1.165) is 39.5 Å². The number of nitrogens with zero attached hydrogens (tertiary/aromatic N) is 4. The minimum Gasteiger partial charge on any atom is -0.396 e. The van der Waals surface area contributed by atoms with Crippen LogP contribution in [0.3, 0.4) is 0 Å². The Morgan fingerprint density at radius 3 is 2.69 bits per heavy atom. The first-order chi connectivity index (χ1) is 15.6. The second-order valence-electron chi connectivity index (χ2n) is 8.40. The minimum atomic E-state index is 0.0250. The number of fused-ring (bicyclic) bond motifs is 1. The molecule has 3 N–H and O–H groups in total. The summed E-state index contributed by atoms with van der Waals surface area (Å²) in [6, 6.07) is 6.38. The Bertz CT molecular complexity index is 1100. The molecule has 3 heterocycles. The summed E-state index contributed by atoms with van der Waals surface area (Å²) in [4.78, 5) is 29.0. The molecule has 0 radical (unpaired) electrons. The number of amides is 1. The zero-order chi connectivity index (χ0) is 22.1. The number of anilines is 2. The van der Waals surface area contributed by atoms with Crippen molar-refractivity contribution in [3.63, 3.8) is 0 Å². The fourth-order valence-corrected chi connectivity index (χ4v) is 5.55. The van der Waals surface area contributed by atoms with E-state index in [1.807, 2.05) is 36.8 Å². The topological polar surface area (TPSA) is 103 Å². The van der Waals surface area contributed by atoms with E-state index in [4.69, 9.17) is 10.1 Å². The van der Waals surface area contributed by atoms with Crippen molar-refractivity contribution in [2.75, 3.05) is 36.6 Å². The molecule has 3 aromatic rings. The van der Waals surface area contributed by atoms with E-state index < -0.39 is 0 Å². The molecule has 0 unspecified atom stereocenters. The molecule has 1 aromatic carbocycles. The first-order valence-corrected chi connectivity index (χ1v) is 12.8. The van der Waals surface area contributed by atoms with Gasteiger partial charge in [0.15, 0.2) is 5.13 Å². The largest absolute Gasteiger partial charge is 0.396 e. The van der Waals surface area contributed by atoms with Gasteiger partial charge in [-0.2, -0.15) is 0 Å². The van der Waals surface area contributed by atoms with Gasteiger partial charge in [-0.15, -0.1) is 11.8 Å². The number of aliphatic hydroxyl groups is 1. The van der Waals surface area contributed by atoms with Crippen LogP contribution in [0, 0.1) is 5.92 Å². The maximum Gasteiger partial charge on any atom is 0.253 e. The van der Waals surface area contributed by atoms with Crippen LogP contribution in [-0.4, -0.2) is 68.9 Å². The van der Waals surface area contributed by atoms with Crippen molar-refractivity contribution in [2.45, 2.75) is 36.2 Å². The van der Waals surface area contributed by atoms with Crippen molar-refractivity contribution in [3.05, 3.63) is 36.2 Å². The van der Waals surface area contributed by atoms with Crippen LogP contribution < -0.4 is 10.6 Å². The van der Waals surface area contributed by atoms with Crippen LogP contribution in [0.4, 0.5) is 11.1 Å². The quantitative estimate of drug-likeness (QED) is 0.452. The summed E-state index contributed by atoms with van der Waals surface area (Å²) in [5.74, 6) is 0.919. The van der Waals surface area contributed by atoms with Gasteiger partial charge in [-0.3, -0.25) is 4.79 Å². The number of likely N-dealkylation sites (tertiary alicyclic amines) is 1. The molecule has 2 fully saturated rings. The summed E-state index contributed by atoms with van der Waals surface area (Å²) in [5, 5.41) is 17.1. The van der Waals surface area contributed by atoms with Gasteiger partial charge in [0, 0.05) is 60.6 Å².